The minimum absolute atomic E-state index is 0.193. The Kier molecular flexibility index (Phi) is 8.77. The second-order valence-corrected chi connectivity index (χ2v) is 12.0. The lowest BCUT2D eigenvalue weighted by atomic mass is 9.84. The third kappa shape index (κ3) is 6.60. The topological polar surface area (TPSA) is 130 Å². The van der Waals surface area contributed by atoms with Gasteiger partial charge in [0.25, 0.3) is 5.91 Å². The number of hydrazine groups is 1. The monoisotopic (exact) mass is 551 g/mol. The molecule has 3 amide bonds. The van der Waals surface area contributed by atoms with Gasteiger partial charge in [0.1, 0.15) is 24.2 Å². The fourth-order valence-corrected chi connectivity index (χ4v) is 5.06. The molecule has 1 aromatic heterocycles. The number of ether oxygens (including phenoxy) is 1. The Labute approximate surface area is 235 Å². The van der Waals surface area contributed by atoms with Crippen LogP contribution >= 0.6 is 0 Å². The summed E-state index contributed by atoms with van der Waals surface area (Å²) < 4.78 is 5.76. The lowest BCUT2D eigenvalue weighted by Gasteiger charge is -2.35. The molecule has 0 aliphatic carbocycles. The fourth-order valence-electron chi connectivity index (χ4n) is 5.06. The molecule has 2 aliphatic heterocycles. The molecule has 0 spiro atoms. The molecular weight excluding hydrogens is 510 g/mol. The number of nitrogens with one attached hydrogen (secondary N) is 3. The maximum absolute atomic E-state index is 13.3. The Morgan fingerprint density at radius 2 is 1.80 bits per heavy atom. The van der Waals surface area contributed by atoms with E-state index < -0.39 is 41.5 Å². The van der Waals surface area contributed by atoms with Crippen molar-refractivity contribution in [1.29, 1.82) is 0 Å². The predicted molar refractivity (Wildman–Crippen MR) is 151 cm³/mol. The second kappa shape index (κ2) is 11.9. The highest BCUT2D eigenvalue weighted by Gasteiger charge is 2.36. The number of nitrogens with zero attached hydrogens (tertiary/aromatic N) is 2. The minimum atomic E-state index is -0.865. The van der Waals surface area contributed by atoms with Gasteiger partial charge in [0, 0.05) is 23.5 Å². The van der Waals surface area contributed by atoms with E-state index in [2.05, 4.69) is 27.1 Å². The molecule has 3 N–H and O–H groups in total. The summed E-state index contributed by atoms with van der Waals surface area (Å²) in [4.78, 5) is 57.3. The van der Waals surface area contributed by atoms with Crippen LogP contribution < -0.4 is 16.1 Å². The van der Waals surface area contributed by atoms with E-state index in [9.17, 15) is 19.2 Å². The minimum Gasteiger partial charge on any atom is -0.455 e. The van der Waals surface area contributed by atoms with Gasteiger partial charge in [0.05, 0.1) is 5.69 Å². The van der Waals surface area contributed by atoms with E-state index in [0.29, 0.717) is 37.9 Å². The quantitative estimate of drug-likeness (QED) is 0.465. The summed E-state index contributed by atoms with van der Waals surface area (Å²) in [6, 6.07) is 5.65. The first kappa shape index (κ1) is 29.5. The van der Waals surface area contributed by atoms with E-state index in [1.165, 1.54) is 5.01 Å². The molecule has 4 atom stereocenters. The van der Waals surface area contributed by atoms with Gasteiger partial charge in [0.15, 0.2) is 0 Å². The number of hydrogen-bond donors (Lipinski definition) is 3. The summed E-state index contributed by atoms with van der Waals surface area (Å²) in [6.45, 7) is 11.2. The third-order valence-electron chi connectivity index (χ3n) is 7.87. The average molecular weight is 552 g/mol. The van der Waals surface area contributed by atoms with Gasteiger partial charge in [0.2, 0.25) is 11.8 Å². The Balaban J connectivity index is 1.66. The summed E-state index contributed by atoms with van der Waals surface area (Å²) in [7, 11) is 0. The second-order valence-electron chi connectivity index (χ2n) is 12.0. The van der Waals surface area contributed by atoms with Crippen LogP contribution in [0.4, 0.5) is 0 Å². The molecule has 216 valence electrons. The molecule has 4 unspecified atom stereocenters. The number of hydrogen-bond acceptors (Lipinski definition) is 7. The Morgan fingerprint density at radius 3 is 2.52 bits per heavy atom. The third-order valence-corrected chi connectivity index (χ3v) is 7.87. The van der Waals surface area contributed by atoms with Crippen molar-refractivity contribution >= 4 is 34.5 Å². The van der Waals surface area contributed by atoms with Crippen LogP contribution in [0.5, 0.6) is 0 Å². The Hall–Kier alpha value is -3.53. The molecule has 2 aliphatic rings. The SMILES string of the molecule is CC1NC(=O)C(C(C)C)NC(=O)C(C)(C)CCc2ccc3cnc(cc3c2)C(C)OC(=O)C2CCCN(N2)C1=O. The molecule has 40 heavy (non-hydrogen) atoms. The van der Waals surface area contributed by atoms with E-state index in [1.54, 1.807) is 20.0 Å². The number of aromatic nitrogens is 1. The standard InChI is InChI=1S/C30H41N5O5/c1-17(2)25-26(36)32-18(3)27(37)35-13-7-8-23(34-35)28(38)40-19(4)24-15-22-14-20(9-10-21(22)16-31-24)11-12-30(5,6)29(39)33-25/h9-10,14-19,23,25,34H,7-8,11-13H2,1-6H3,(H,32,36)(H,33,39). The lowest BCUT2D eigenvalue weighted by molar-refractivity contribution is -0.157. The normalized spacial score (nSPS) is 26.8. The zero-order valence-electron chi connectivity index (χ0n) is 24.2. The number of carbonyl (C=O) groups excluding carboxylic acids is 4. The summed E-state index contributed by atoms with van der Waals surface area (Å²) in [5.41, 5.74) is 3.94. The number of amides is 3. The van der Waals surface area contributed by atoms with Gasteiger partial charge >= 0.3 is 5.97 Å². The molecule has 1 fully saturated rings. The highest BCUT2D eigenvalue weighted by Crippen LogP contribution is 2.27. The van der Waals surface area contributed by atoms with Crippen LogP contribution in [0.1, 0.15) is 78.2 Å². The van der Waals surface area contributed by atoms with Crippen LogP contribution in [0.25, 0.3) is 10.8 Å². The molecule has 3 heterocycles. The summed E-state index contributed by atoms with van der Waals surface area (Å²) in [5.74, 6) is -1.67. The highest BCUT2D eigenvalue weighted by atomic mass is 16.5. The van der Waals surface area contributed by atoms with Crippen molar-refractivity contribution in [2.24, 2.45) is 11.3 Å². The number of aryl methyl sites for hydroxylation is 1. The van der Waals surface area contributed by atoms with Crippen LogP contribution in [0.2, 0.25) is 0 Å². The van der Waals surface area contributed by atoms with Gasteiger partial charge in [-0.1, -0.05) is 45.9 Å². The van der Waals surface area contributed by atoms with Crippen molar-refractivity contribution < 1.29 is 23.9 Å². The lowest BCUT2D eigenvalue weighted by Crippen LogP contribution is -2.61. The number of cyclic esters (lactones) is 1. The Morgan fingerprint density at radius 1 is 1.05 bits per heavy atom. The van der Waals surface area contributed by atoms with E-state index in [-0.39, 0.29) is 17.7 Å². The van der Waals surface area contributed by atoms with Gasteiger partial charge in [-0.05, 0) is 62.5 Å². The number of esters is 1. The van der Waals surface area contributed by atoms with Crippen LogP contribution in [-0.4, -0.2) is 58.4 Å². The maximum Gasteiger partial charge on any atom is 0.325 e. The van der Waals surface area contributed by atoms with Crippen molar-refractivity contribution in [3.05, 3.63) is 41.7 Å². The number of carbonyl (C=O) groups is 4. The molecule has 4 rings (SSSR count). The summed E-state index contributed by atoms with van der Waals surface area (Å²) in [6.07, 6.45) is 3.52. The van der Waals surface area contributed by atoms with E-state index in [1.807, 2.05) is 45.9 Å². The average Bonchev–Trinajstić information content (AvgIpc) is 2.92. The zero-order valence-corrected chi connectivity index (χ0v) is 24.2. The number of benzene rings is 1. The highest BCUT2D eigenvalue weighted by molar-refractivity contribution is 5.93. The van der Waals surface area contributed by atoms with Crippen LogP contribution in [0, 0.1) is 11.3 Å². The zero-order chi connectivity index (χ0) is 29.2. The predicted octanol–water partition coefficient (Wildman–Crippen LogP) is 2.95. The van der Waals surface area contributed by atoms with Gasteiger partial charge in [-0.25, -0.2) is 5.43 Å². The number of fused-ring (bicyclic) bond motifs is 4. The first-order valence-corrected chi connectivity index (χ1v) is 14.1. The first-order chi connectivity index (χ1) is 18.9. The summed E-state index contributed by atoms with van der Waals surface area (Å²) >= 11 is 0. The number of rotatable bonds is 1. The van der Waals surface area contributed by atoms with Crippen molar-refractivity contribution in [3.63, 3.8) is 0 Å². The molecule has 10 heteroatoms. The van der Waals surface area contributed by atoms with Crippen molar-refractivity contribution in [3.8, 4) is 0 Å². The molecular formula is C30H41N5O5. The first-order valence-electron chi connectivity index (χ1n) is 14.1. The molecule has 1 aromatic carbocycles. The smallest absolute Gasteiger partial charge is 0.325 e. The summed E-state index contributed by atoms with van der Waals surface area (Å²) in [5, 5.41) is 8.99. The Bertz CT molecular complexity index is 1290. The molecule has 1 saturated heterocycles. The molecule has 0 radical (unpaired) electrons. The van der Waals surface area contributed by atoms with Crippen LogP contribution in [0.3, 0.4) is 0 Å². The van der Waals surface area contributed by atoms with Gasteiger partial charge in [-0.15, -0.1) is 0 Å². The molecule has 2 aromatic rings. The van der Waals surface area contributed by atoms with Crippen molar-refractivity contribution in [2.45, 2.75) is 91.5 Å². The molecule has 0 saturated carbocycles. The van der Waals surface area contributed by atoms with Crippen LogP contribution in [-0.2, 0) is 30.3 Å². The molecule has 10 nitrogen and oxygen atoms in total. The number of pyridine rings is 1. The van der Waals surface area contributed by atoms with Gasteiger partial charge in [-0.3, -0.25) is 29.2 Å². The van der Waals surface area contributed by atoms with Crippen molar-refractivity contribution in [1.82, 2.24) is 26.1 Å². The van der Waals surface area contributed by atoms with E-state index in [0.717, 1.165) is 16.3 Å². The van der Waals surface area contributed by atoms with Crippen molar-refractivity contribution in [2.75, 3.05) is 6.54 Å². The van der Waals surface area contributed by atoms with Gasteiger partial charge in [-0.2, -0.15) is 0 Å². The largest absolute Gasteiger partial charge is 0.455 e. The molecule has 5 bridgehead atoms. The van der Waals surface area contributed by atoms with E-state index in [4.69, 9.17) is 4.74 Å². The maximum atomic E-state index is 13.3. The van der Waals surface area contributed by atoms with Crippen LogP contribution in [0.15, 0.2) is 30.5 Å². The fraction of sp³-hybridized carbons (Fsp3) is 0.567. The van der Waals surface area contributed by atoms with E-state index >= 15 is 0 Å². The van der Waals surface area contributed by atoms with Gasteiger partial charge < -0.3 is 15.4 Å².